The molecule has 1 aromatic carbocycles. The lowest BCUT2D eigenvalue weighted by Crippen LogP contribution is -2.23. The predicted molar refractivity (Wildman–Crippen MR) is 84.4 cm³/mol. The van der Waals surface area contributed by atoms with E-state index in [1.165, 1.54) is 6.07 Å². The first kappa shape index (κ1) is 17.4. The smallest absolute Gasteiger partial charge is 0.224 e. The standard InChI is InChI=1S/C14H19BrClFN2O/c1-8(2)3-9(7-18)4-13(20)19-14-11(15)5-10(17)6-12(14)16/h5-6,8-9H,3-4,7,18H2,1-2H3,(H,19,20)/t9-/m0/s1. The number of halogens is 3. The summed E-state index contributed by atoms with van der Waals surface area (Å²) in [5.74, 6) is -0.0136. The number of anilines is 1. The summed E-state index contributed by atoms with van der Waals surface area (Å²) in [7, 11) is 0. The van der Waals surface area contributed by atoms with Crippen LogP contribution in [0.15, 0.2) is 16.6 Å². The van der Waals surface area contributed by atoms with E-state index in [0.29, 0.717) is 29.0 Å². The molecule has 0 saturated carbocycles. The van der Waals surface area contributed by atoms with Crippen LogP contribution in [0.5, 0.6) is 0 Å². The minimum absolute atomic E-state index is 0.132. The largest absolute Gasteiger partial charge is 0.330 e. The highest BCUT2D eigenvalue weighted by molar-refractivity contribution is 9.10. The lowest BCUT2D eigenvalue weighted by atomic mass is 9.94. The maximum atomic E-state index is 13.1. The zero-order chi connectivity index (χ0) is 15.3. The second kappa shape index (κ2) is 7.96. The summed E-state index contributed by atoms with van der Waals surface area (Å²) in [5, 5.41) is 2.87. The molecule has 112 valence electrons. The number of benzene rings is 1. The van der Waals surface area contributed by atoms with Crippen LogP contribution in [-0.2, 0) is 4.79 Å². The van der Waals surface area contributed by atoms with Crippen molar-refractivity contribution >= 4 is 39.1 Å². The number of carbonyl (C=O) groups is 1. The second-order valence-corrected chi connectivity index (χ2v) is 6.49. The van der Waals surface area contributed by atoms with Crippen molar-refractivity contribution in [1.29, 1.82) is 0 Å². The van der Waals surface area contributed by atoms with Gasteiger partial charge in [-0.05, 0) is 52.9 Å². The summed E-state index contributed by atoms with van der Waals surface area (Å²) in [5.41, 5.74) is 6.06. The van der Waals surface area contributed by atoms with Crippen molar-refractivity contribution in [2.75, 3.05) is 11.9 Å². The highest BCUT2D eigenvalue weighted by Gasteiger charge is 2.16. The molecule has 20 heavy (non-hydrogen) atoms. The highest BCUT2D eigenvalue weighted by atomic mass is 79.9. The summed E-state index contributed by atoms with van der Waals surface area (Å²) in [4.78, 5) is 12.0. The van der Waals surface area contributed by atoms with Gasteiger partial charge in [0.15, 0.2) is 0 Å². The molecule has 0 aliphatic carbocycles. The Balaban J connectivity index is 2.71. The fraction of sp³-hybridized carbons (Fsp3) is 0.500. The molecule has 0 fully saturated rings. The van der Waals surface area contributed by atoms with Crippen LogP contribution in [-0.4, -0.2) is 12.5 Å². The third kappa shape index (κ3) is 5.38. The summed E-state index contributed by atoms with van der Waals surface area (Å²) in [6.45, 7) is 4.64. The van der Waals surface area contributed by atoms with Crippen LogP contribution in [0.2, 0.25) is 5.02 Å². The third-order valence-corrected chi connectivity index (χ3v) is 3.81. The van der Waals surface area contributed by atoms with E-state index in [0.717, 1.165) is 12.5 Å². The van der Waals surface area contributed by atoms with Crippen LogP contribution in [0.25, 0.3) is 0 Å². The van der Waals surface area contributed by atoms with Crippen LogP contribution >= 0.6 is 27.5 Å². The van der Waals surface area contributed by atoms with E-state index in [-0.39, 0.29) is 16.8 Å². The first-order valence-electron chi connectivity index (χ1n) is 6.48. The lowest BCUT2D eigenvalue weighted by Gasteiger charge is -2.17. The molecule has 0 saturated heterocycles. The number of hydrogen-bond donors (Lipinski definition) is 2. The molecular formula is C14H19BrClFN2O. The van der Waals surface area contributed by atoms with Gasteiger partial charge in [0.1, 0.15) is 5.82 Å². The van der Waals surface area contributed by atoms with Gasteiger partial charge < -0.3 is 11.1 Å². The molecule has 0 radical (unpaired) electrons. The van der Waals surface area contributed by atoms with Gasteiger partial charge in [0.2, 0.25) is 5.91 Å². The Hall–Kier alpha value is -0.650. The Kier molecular flexibility index (Phi) is 6.92. The van der Waals surface area contributed by atoms with Gasteiger partial charge in [0.25, 0.3) is 0 Å². The van der Waals surface area contributed by atoms with Crippen molar-refractivity contribution in [3.8, 4) is 0 Å². The molecule has 1 rings (SSSR count). The van der Waals surface area contributed by atoms with E-state index in [4.69, 9.17) is 17.3 Å². The minimum Gasteiger partial charge on any atom is -0.330 e. The van der Waals surface area contributed by atoms with Gasteiger partial charge >= 0.3 is 0 Å². The number of amides is 1. The molecule has 6 heteroatoms. The maximum absolute atomic E-state index is 13.1. The zero-order valence-electron chi connectivity index (χ0n) is 11.6. The number of hydrogen-bond acceptors (Lipinski definition) is 2. The van der Waals surface area contributed by atoms with Crippen LogP contribution in [0.4, 0.5) is 10.1 Å². The van der Waals surface area contributed by atoms with Gasteiger partial charge in [-0.2, -0.15) is 0 Å². The molecule has 0 heterocycles. The molecular weight excluding hydrogens is 347 g/mol. The Morgan fingerprint density at radius 3 is 2.65 bits per heavy atom. The molecule has 0 spiro atoms. The fourth-order valence-electron chi connectivity index (χ4n) is 2.04. The van der Waals surface area contributed by atoms with Crippen molar-refractivity contribution in [1.82, 2.24) is 0 Å². The molecule has 0 unspecified atom stereocenters. The van der Waals surface area contributed by atoms with Gasteiger partial charge in [-0.15, -0.1) is 0 Å². The first-order valence-corrected chi connectivity index (χ1v) is 7.65. The van der Waals surface area contributed by atoms with Gasteiger partial charge in [-0.1, -0.05) is 25.4 Å². The number of nitrogens with two attached hydrogens (primary N) is 1. The molecule has 0 aliphatic rings. The third-order valence-electron chi connectivity index (χ3n) is 2.88. The predicted octanol–water partition coefficient (Wildman–Crippen LogP) is 4.19. The monoisotopic (exact) mass is 364 g/mol. The van der Waals surface area contributed by atoms with Crippen LogP contribution in [0.1, 0.15) is 26.7 Å². The highest BCUT2D eigenvalue weighted by Crippen LogP contribution is 2.32. The quantitative estimate of drug-likeness (QED) is 0.794. The second-order valence-electron chi connectivity index (χ2n) is 5.23. The molecule has 1 aromatic rings. The summed E-state index contributed by atoms with van der Waals surface area (Å²) in [6.07, 6.45) is 1.22. The maximum Gasteiger partial charge on any atom is 0.224 e. The molecule has 0 bridgehead atoms. The molecule has 1 amide bonds. The van der Waals surface area contributed by atoms with E-state index in [1.54, 1.807) is 0 Å². The van der Waals surface area contributed by atoms with Gasteiger partial charge in [-0.25, -0.2) is 4.39 Å². The number of rotatable bonds is 6. The summed E-state index contributed by atoms with van der Waals surface area (Å²) < 4.78 is 13.5. The average Bonchev–Trinajstić information content (AvgIpc) is 2.32. The average molecular weight is 366 g/mol. The Morgan fingerprint density at radius 2 is 2.15 bits per heavy atom. The van der Waals surface area contributed by atoms with Crippen molar-refractivity contribution in [2.45, 2.75) is 26.7 Å². The molecule has 3 N–H and O–H groups in total. The van der Waals surface area contributed by atoms with E-state index in [9.17, 15) is 9.18 Å². The lowest BCUT2D eigenvalue weighted by molar-refractivity contribution is -0.117. The van der Waals surface area contributed by atoms with Crippen LogP contribution in [0, 0.1) is 17.7 Å². The number of nitrogens with one attached hydrogen (secondary N) is 1. The van der Waals surface area contributed by atoms with Crippen molar-refractivity contribution in [3.63, 3.8) is 0 Å². The zero-order valence-corrected chi connectivity index (χ0v) is 13.9. The van der Waals surface area contributed by atoms with Crippen molar-refractivity contribution in [2.24, 2.45) is 17.6 Å². The van der Waals surface area contributed by atoms with Crippen LogP contribution in [0.3, 0.4) is 0 Å². The summed E-state index contributed by atoms with van der Waals surface area (Å²) >= 11 is 9.11. The first-order chi connectivity index (χ1) is 9.33. The SMILES string of the molecule is CC(C)C[C@H](CN)CC(=O)Nc1c(Cl)cc(F)cc1Br. The summed E-state index contributed by atoms with van der Waals surface area (Å²) in [6, 6.07) is 2.42. The fourth-order valence-corrected chi connectivity index (χ4v) is 2.94. The Labute approximate surface area is 132 Å². The molecule has 3 nitrogen and oxygen atoms in total. The van der Waals surface area contributed by atoms with Crippen molar-refractivity contribution < 1.29 is 9.18 Å². The van der Waals surface area contributed by atoms with E-state index >= 15 is 0 Å². The minimum atomic E-state index is -0.459. The molecule has 1 atom stereocenters. The number of carbonyl (C=O) groups excluding carboxylic acids is 1. The van der Waals surface area contributed by atoms with Gasteiger partial charge in [-0.3, -0.25) is 4.79 Å². The van der Waals surface area contributed by atoms with E-state index in [1.807, 2.05) is 0 Å². The van der Waals surface area contributed by atoms with Gasteiger partial charge in [0, 0.05) is 10.9 Å². The normalized spacial score (nSPS) is 12.6. The van der Waals surface area contributed by atoms with E-state index < -0.39 is 5.82 Å². The Morgan fingerprint density at radius 1 is 1.50 bits per heavy atom. The van der Waals surface area contributed by atoms with Gasteiger partial charge in [0.05, 0.1) is 10.7 Å². The molecule has 0 aromatic heterocycles. The van der Waals surface area contributed by atoms with Crippen molar-refractivity contribution in [3.05, 3.63) is 27.4 Å². The Bertz CT molecular complexity index is 459. The molecule has 0 aliphatic heterocycles. The van der Waals surface area contributed by atoms with E-state index in [2.05, 4.69) is 35.1 Å². The van der Waals surface area contributed by atoms with Crippen LogP contribution < -0.4 is 11.1 Å². The topological polar surface area (TPSA) is 55.1 Å².